The van der Waals surface area contributed by atoms with Gasteiger partial charge >= 0.3 is 40.4 Å². The van der Waals surface area contributed by atoms with Crippen LogP contribution in [0.5, 0.6) is 0 Å². The van der Waals surface area contributed by atoms with Gasteiger partial charge in [0.25, 0.3) is 0 Å². The van der Waals surface area contributed by atoms with E-state index >= 15 is 0 Å². The van der Waals surface area contributed by atoms with Gasteiger partial charge in [0.15, 0.2) is 0 Å². The van der Waals surface area contributed by atoms with Crippen molar-refractivity contribution in [3.63, 3.8) is 0 Å². The second-order valence-electron chi connectivity index (χ2n) is 32.7. The molecule has 0 saturated carbocycles. The number of rotatable bonds is 11. The Hall–Kier alpha value is -9.54. The van der Waals surface area contributed by atoms with Crippen molar-refractivity contribution in [3.05, 3.63) is 432 Å². The Morgan fingerprint density at radius 3 is 0.848 bits per heavy atom. The minimum atomic E-state index is -1.51. The number of unbranched alkanes of at least 4 members (excludes halogenated alkanes) is 1. The largest absolute Gasteiger partial charge is 1.00 e. The third-order valence-corrected chi connectivity index (χ3v) is 26.0. The summed E-state index contributed by atoms with van der Waals surface area (Å²) in [5.41, 5.74) is 35.4. The van der Waals surface area contributed by atoms with Gasteiger partial charge in [0.1, 0.15) is 0 Å². The average molecular weight is 1880 g/mol. The van der Waals surface area contributed by atoms with Crippen molar-refractivity contribution in [2.75, 3.05) is 13.2 Å². The van der Waals surface area contributed by atoms with E-state index < -0.39 is 27.0 Å². The van der Waals surface area contributed by atoms with Gasteiger partial charge in [-0.1, -0.05) is 355 Å². The first-order valence-electron chi connectivity index (χ1n) is 43.0. The molecule has 0 bridgehead atoms. The third kappa shape index (κ3) is 17.0. The van der Waals surface area contributed by atoms with E-state index in [-0.39, 0.29) is 48.0 Å². The van der Waals surface area contributed by atoms with Crippen molar-refractivity contribution in [1.82, 2.24) is 0 Å². The van der Waals surface area contributed by atoms with E-state index in [4.69, 9.17) is 18.7 Å². The van der Waals surface area contributed by atoms with Crippen LogP contribution in [0.25, 0.3) is 89.0 Å². The molecule has 1 heterocycles. The summed E-state index contributed by atoms with van der Waals surface area (Å²) < 4.78 is 24.7. The predicted octanol–water partition coefficient (Wildman–Crippen LogP) is 22.3. The SMILES string of the molecule is Brc1ccc(-c2cccc3c2-c2ccccc2C32c3ccccc3-c3ccccc32)cc1.Brc1ccc(I)cc1.C1CCOC1.CC(C)OB(OC(C)C)OC(C)C.OB(O)c1ccc(-c2cccc3c2-c2ccccc2C32c3ccccc3-c3ccccc32)cc1.OB(O)c1cccc2c1-c1ccccc1C21c2ccccc2-c2ccccc21.[CH2-]CCC.[Li+]. The van der Waals surface area contributed by atoms with Crippen LogP contribution in [0.2, 0.25) is 0 Å². The van der Waals surface area contributed by atoms with Crippen LogP contribution in [-0.4, -0.2) is 73.2 Å². The molecule has 3 spiro atoms. The molecular weight excluding hydrogens is 1780 g/mol. The Morgan fingerprint density at radius 1 is 0.328 bits per heavy atom. The minimum absolute atomic E-state index is 0. The molecule has 7 aliphatic rings. The molecular formula is C110H99B3Br2ILiO8. The summed E-state index contributed by atoms with van der Waals surface area (Å²) in [7, 11) is -3.52. The van der Waals surface area contributed by atoms with Crippen LogP contribution < -0.4 is 29.8 Å². The Kier molecular flexibility index (Phi) is 28.7. The number of hydrogen-bond acceptors (Lipinski definition) is 8. The molecule has 15 aromatic carbocycles. The Balaban J connectivity index is 0.000000124. The van der Waals surface area contributed by atoms with Crippen LogP contribution in [-0.2, 0) is 34.9 Å². The van der Waals surface area contributed by atoms with Crippen molar-refractivity contribution < 1.29 is 57.7 Å². The Morgan fingerprint density at radius 2 is 0.576 bits per heavy atom. The monoisotopic (exact) mass is 1870 g/mol. The fraction of sp³-hybridized carbons (Fsp3) is 0.173. The number of halogens is 3. The second kappa shape index (κ2) is 39.8. The van der Waals surface area contributed by atoms with Gasteiger partial charge in [-0.25, -0.2) is 0 Å². The average Bonchev–Trinajstić information content (AvgIpc) is 1.52. The van der Waals surface area contributed by atoms with Crippen molar-refractivity contribution >= 4 is 86.9 Å². The maximum atomic E-state index is 10.1. The van der Waals surface area contributed by atoms with E-state index in [1.165, 1.54) is 151 Å². The number of ether oxygens (including phenoxy) is 1. The zero-order valence-corrected chi connectivity index (χ0v) is 77.2. The van der Waals surface area contributed by atoms with Crippen molar-refractivity contribution in [2.24, 2.45) is 0 Å². The van der Waals surface area contributed by atoms with E-state index in [2.05, 4.69) is 359 Å². The molecule has 0 amide bonds. The van der Waals surface area contributed by atoms with E-state index in [9.17, 15) is 20.1 Å². The molecule has 1 fully saturated rings. The summed E-state index contributed by atoms with van der Waals surface area (Å²) >= 11 is 9.21. The normalized spacial score (nSPS) is 13.6. The number of hydrogen-bond donors (Lipinski definition) is 4. The molecule has 0 radical (unpaired) electrons. The van der Waals surface area contributed by atoms with Crippen LogP contribution in [0, 0.1) is 10.5 Å². The first-order valence-corrected chi connectivity index (χ1v) is 45.6. The van der Waals surface area contributed by atoms with Crippen LogP contribution in [0.1, 0.15) is 141 Å². The minimum Gasteiger partial charge on any atom is -0.423 e. The molecule has 15 heteroatoms. The topological polar surface area (TPSA) is 118 Å². The predicted molar refractivity (Wildman–Crippen MR) is 528 cm³/mol. The summed E-state index contributed by atoms with van der Waals surface area (Å²) in [6.07, 6.45) is 5.17. The fourth-order valence-electron chi connectivity index (χ4n) is 19.3. The van der Waals surface area contributed by atoms with Gasteiger partial charge in [-0.15, -0.1) is 0 Å². The quantitative estimate of drug-likeness (QED) is 0.0575. The molecule has 15 aromatic rings. The van der Waals surface area contributed by atoms with Gasteiger partial charge in [0, 0.05) is 44.0 Å². The van der Waals surface area contributed by atoms with Gasteiger partial charge in [0.05, 0.1) is 16.2 Å². The van der Waals surface area contributed by atoms with Gasteiger partial charge < -0.3 is 45.7 Å². The van der Waals surface area contributed by atoms with E-state index in [0.717, 1.165) is 56.4 Å². The van der Waals surface area contributed by atoms with Crippen LogP contribution >= 0.6 is 54.5 Å². The van der Waals surface area contributed by atoms with E-state index in [0.29, 0.717) is 10.9 Å². The fourth-order valence-corrected chi connectivity index (χ4v) is 20.2. The van der Waals surface area contributed by atoms with Gasteiger partial charge in [0.2, 0.25) is 0 Å². The van der Waals surface area contributed by atoms with Crippen LogP contribution in [0.4, 0.5) is 0 Å². The Labute approximate surface area is 780 Å². The first-order chi connectivity index (χ1) is 60.4. The molecule has 6 aliphatic carbocycles. The van der Waals surface area contributed by atoms with Crippen LogP contribution in [0.3, 0.4) is 0 Å². The Bertz CT molecular complexity index is 6120. The summed E-state index contributed by atoms with van der Waals surface area (Å²) in [6.45, 7) is 19.5. The maximum Gasteiger partial charge on any atom is 1.00 e. The summed E-state index contributed by atoms with van der Waals surface area (Å²) in [6, 6.07) is 123. The molecule has 618 valence electrons. The van der Waals surface area contributed by atoms with Crippen molar-refractivity contribution in [3.8, 4) is 89.0 Å². The summed E-state index contributed by atoms with van der Waals surface area (Å²) in [5, 5.41) is 39.3. The molecule has 0 aromatic heterocycles. The van der Waals surface area contributed by atoms with Gasteiger partial charge in [-0.05, 0) is 280 Å². The van der Waals surface area contributed by atoms with E-state index in [1.807, 2.05) is 84.0 Å². The maximum absolute atomic E-state index is 10.1. The molecule has 22 rings (SSSR count). The molecule has 0 atom stereocenters. The van der Waals surface area contributed by atoms with Crippen molar-refractivity contribution in [2.45, 2.75) is 109 Å². The third-order valence-electron chi connectivity index (χ3n) is 24.2. The molecule has 8 nitrogen and oxygen atoms in total. The van der Waals surface area contributed by atoms with E-state index in [1.54, 1.807) is 12.1 Å². The number of benzene rings is 15. The van der Waals surface area contributed by atoms with Crippen LogP contribution in [0.15, 0.2) is 355 Å². The molecule has 4 N–H and O–H groups in total. The zero-order chi connectivity index (χ0) is 86.4. The van der Waals surface area contributed by atoms with Gasteiger partial charge in [-0.3, -0.25) is 0 Å². The molecule has 1 aliphatic heterocycles. The second-order valence-corrected chi connectivity index (χ2v) is 35.8. The zero-order valence-electron chi connectivity index (χ0n) is 71.9. The number of fused-ring (bicyclic) bond motifs is 30. The summed E-state index contributed by atoms with van der Waals surface area (Å²) in [4.78, 5) is 0. The summed E-state index contributed by atoms with van der Waals surface area (Å²) in [5.74, 6) is 0. The first kappa shape index (κ1) is 90.3. The van der Waals surface area contributed by atoms with Crippen molar-refractivity contribution in [1.29, 1.82) is 0 Å². The molecule has 0 unspecified atom stereocenters. The molecule has 1 saturated heterocycles. The standard InChI is InChI=1S/C31H21BO2.C31H19Br.C25H17BO2.C9H21BO3.C6H4BrI.C4H8O.C4H9.Li/c33-32(34)21-18-16-20(17-19-21)22-11-7-15-29-30(22)25-10-3-6-14-28(25)31(29)26-12-4-1-8-23(26)24-9-2-5-13-27(24)31;32-21-18-16-20(17-19-21)22-11-7-15-29-30(22)25-10-3-6-14-28(25)31(29)26-12-4-1-8-23(26)24-9-2-5-13-27(24)31;27-26(28)23-15-7-14-22-24(23)18-10-3-6-13-21(18)25(22)19-11-4-1-8-16(19)17-9-2-5-12-20(17)25;1-7(2)11-10(12-8(3)4)13-9(5)6;7-5-1-3-6(8)4-2-5;1-2-4-5-3-1;1-3-4-2;/h1-19,33-34H;1-19H;1-15,27-28H;7-9H,1-6H3;1-4H;1-4H2;1,3-4H2,2H3;/q;;;;;;-1;+1. The van der Waals surface area contributed by atoms with Gasteiger partial charge in [-0.2, -0.15) is 6.42 Å². The molecule has 125 heavy (non-hydrogen) atoms. The smallest absolute Gasteiger partial charge is 0.423 e.